The minimum atomic E-state index is -4.49. The van der Waals surface area contributed by atoms with Crippen LogP contribution in [0, 0.1) is 0 Å². The summed E-state index contributed by atoms with van der Waals surface area (Å²) in [5.74, 6) is -0.388. The molecule has 1 aromatic carbocycles. The van der Waals surface area contributed by atoms with Crippen molar-refractivity contribution < 1.29 is 27.6 Å². The number of rotatable bonds is 7. The Morgan fingerprint density at radius 1 is 1.06 bits per heavy atom. The first-order chi connectivity index (χ1) is 14.7. The van der Waals surface area contributed by atoms with Crippen molar-refractivity contribution in [1.82, 2.24) is 20.0 Å². The van der Waals surface area contributed by atoms with Crippen LogP contribution < -0.4 is 5.32 Å². The zero-order chi connectivity index (χ0) is 22.4. The third kappa shape index (κ3) is 6.43. The molecule has 2 saturated heterocycles. The average molecular weight is 440 g/mol. The van der Waals surface area contributed by atoms with Crippen molar-refractivity contribution in [2.45, 2.75) is 25.4 Å². The van der Waals surface area contributed by atoms with Crippen LogP contribution in [0.25, 0.3) is 0 Å². The van der Waals surface area contributed by atoms with E-state index in [4.69, 9.17) is 0 Å². The molecular formula is C21H27F3N4O3. The number of hydrogen-bond donors (Lipinski definition) is 1. The van der Waals surface area contributed by atoms with Gasteiger partial charge in [0.1, 0.15) is 0 Å². The smallest absolute Gasteiger partial charge is 0.355 e. The molecule has 0 spiro atoms. The summed E-state index contributed by atoms with van der Waals surface area (Å²) >= 11 is 0. The highest BCUT2D eigenvalue weighted by Crippen LogP contribution is 2.29. The van der Waals surface area contributed by atoms with Crippen molar-refractivity contribution in [2.75, 3.05) is 52.4 Å². The summed E-state index contributed by atoms with van der Waals surface area (Å²) in [5.41, 5.74) is -0.833. The van der Waals surface area contributed by atoms with Crippen LogP contribution in [0.5, 0.6) is 0 Å². The Labute approximate surface area is 179 Å². The lowest BCUT2D eigenvalue weighted by Gasteiger charge is -2.34. The third-order valence-corrected chi connectivity index (χ3v) is 5.56. The van der Waals surface area contributed by atoms with Gasteiger partial charge >= 0.3 is 6.18 Å². The van der Waals surface area contributed by atoms with E-state index in [0.717, 1.165) is 25.1 Å². The van der Waals surface area contributed by atoms with Crippen molar-refractivity contribution in [3.63, 3.8) is 0 Å². The molecule has 2 fully saturated rings. The summed E-state index contributed by atoms with van der Waals surface area (Å²) in [5, 5.41) is 2.84. The molecule has 7 nitrogen and oxygen atoms in total. The second-order valence-corrected chi connectivity index (χ2v) is 7.83. The Balaban J connectivity index is 1.37. The maximum Gasteiger partial charge on any atom is 0.416 e. The van der Waals surface area contributed by atoms with E-state index in [-0.39, 0.29) is 23.9 Å². The number of piperazine rings is 1. The Hall–Kier alpha value is -2.62. The van der Waals surface area contributed by atoms with E-state index >= 15 is 0 Å². The highest BCUT2D eigenvalue weighted by Gasteiger charge is 2.32. The van der Waals surface area contributed by atoms with Crippen LogP contribution in [0.4, 0.5) is 13.2 Å². The summed E-state index contributed by atoms with van der Waals surface area (Å²) in [6, 6.07) is 4.43. The number of amides is 3. The van der Waals surface area contributed by atoms with Gasteiger partial charge in [-0.2, -0.15) is 13.2 Å². The van der Waals surface area contributed by atoms with Crippen molar-refractivity contribution in [1.29, 1.82) is 0 Å². The van der Waals surface area contributed by atoms with E-state index < -0.39 is 17.6 Å². The van der Waals surface area contributed by atoms with Gasteiger partial charge in [0.25, 0.3) is 5.91 Å². The lowest BCUT2D eigenvalue weighted by molar-refractivity contribution is -0.137. The lowest BCUT2D eigenvalue weighted by Crippen LogP contribution is -2.51. The molecule has 3 rings (SSSR count). The van der Waals surface area contributed by atoms with Gasteiger partial charge in [-0.05, 0) is 31.0 Å². The molecule has 0 bridgehead atoms. The Morgan fingerprint density at radius 3 is 2.45 bits per heavy atom. The van der Waals surface area contributed by atoms with Crippen molar-refractivity contribution >= 4 is 17.7 Å². The highest BCUT2D eigenvalue weighted by atomic mass is 19.4. The predicted octanol–water partition coefficient (Wildman–Crippen LogP) is 1.59. The molecule has 1 aromatic rings. The molecular weight excluding hydrogens is 413 g/mol. The van der Waals surface area contributed by atoms with Crippen LogP contribution in [0.1, 0.15) is 35.2 Å². The zero-order valence-corrected chi connectivity index (χ0v) is 17.3. The van der Waals surface area contributed by atoms with Crippen LogP contribution >= 0.6 is 0 Å². The summed E-state index contributed by atoms with van der Waals surface area (Å²) in [7, 11) is 0. The number of nitrogens with zero attached hydrogens (tertiary/aromatic N) is 3. The van der Waals surface area contributed by atoms with Crippen molar-refractivity contribution in [2.24, 2.45) is 0 Å². The molecule has 170 valence electrons. The minimum Gasteiger partial charge on any atom is -0.355 e. The fourth-order valence-corrected chi connectivity index (χ4v) is 3.82. The molecule has 3 amide bonds. The van der Waals surface area contributed by atoms with Gasteiger partial charge < -0.3 is 15.1 Å². The maximum absolute atomic E-state index is 12.9. The second kappa shape index (κ2) is 10.1. The van der Waals surface area contributed by atoms with E-state index in [9.17, 15) is 27.6 Å². The zero-order valence-electron chi connectivity index (χ0n) is 17.3. The van der Waals surface area contributed by atoms with Crippen molar-refractivity contribution in [3.8, 4) is 0 Å². The van der Waals surface area contributed by atoms with Crippen LogP contribution in [-0.4, -0.2) is 84.8 Å². The summed E-state index contributed by atoms with van der Waals surface area (Å²) in [6.07, 6.45) is -2.29. The molecule has 2 heterocycles. The number of alkyl halides is 3. The second-order valence-electron chi connectivity index (χ2n) is 7.83. The van der Waals surface area contributed by atoms with E-state index in [0.29, 0.717) is 52.1 Å². The largest absolute Gasteiger partial charge is 0.416 e. The Bertz CT molecular complexity index is 807. The summed E-state index contributed by atoms with van der Waals surface area (Å²) < 4.78 is 38.6. The average Bonchev–Trinajstić information content (AvgIpc) is 3.15. The first-order valence-corrected chi connectivity index (χ1v) is 10.5. The molecule has 2 aliphatic heterocycles. The van der Waals surface area contributed by atoms with Gasteiger partial charge in [-0.25, -0.2) is 0 Å². The number of benzene rings is 1. The first kappa shape index (κ1) is 23.1. The topological polar surface area (TPSA) is 73.0 Å². The molecule has 31 heavy (non-hydrogen) atoms. The predicted molar refractivity (Wildman–Crippen MR) is 107 cm³/mol. The van der Waals surface area contributed by atoms with Gasteiger partial charge in [-0.15, -0.1) is 0 Å². The standard InChI is InChI=1S/C21H27F3N4O3/c22-21(23,24)17-5-1-4-16(14-17)20(31)28-12-10-26(11-13-28)15-18(29)25-7-3-9-27-8-2-6-19(27)30/h1,4-5,14H,2-3,6-13,15H2,(H,25,29). The van der Waals surface area contributed by atoms with Crippen LogP contribution in [0.2, 0.25) is 0 Å². The Morgan fingerprint density at radius 2 is 1.81 bits per heavy atom. The molecule has 0 unspecified atom stereocenters. The van der Waals surface area contributed by atoms with Gasteiger partial charge in [0, 0.05) is 57.8 Å². The fraction of sp³-hybridized carbons (Fsp3) is 0.571. The number of likely N-dealkylation sites (tertiary alicyclic amines) is 1. The number of hydrogen-bond acceptors (Lipinski definition) is 4. The summed E-state index contributed by atoms with van der Waals surface area (Å²) in [6.45, 7) is 3.77. The van der Waals surface area contributed by atoms with E-state index in [1.165, 1.54) is 17.0 Å². The van der Waals surface area contributed by atoms with E-state index in [2.05, 4.69) is 5.32 Å². The van der Waals surface area contributed by atoms with Gasteiger partial charge in [-0.1, -0.05) is 6.07 Å². The van der Waals surface area contributed by atoms with E-state index in [1.807, 2.05) is 9.80 Å². The molecule has 0 atom stereocenters. The Kier molecular flexibility index (Phi) is 7.53. The molecule has 0 radical (unpaired) electrons. The fourth-order valence-electron chi connectivity index (χ4n) is 3.82. The quantitative estimate of drug-likeness (QED) is 0.654. The molecule has 1 N–H and O–H groups in total. The number of carbonyl (C=O) groups is 3. The van der Waals surface area contributed by atoms with Crippen LogP contribution in [0.3, 0.4) is 0 Å². The molecule has 10 heteroatoms. The molecule has 0 aromatic heterocycles. The molecule has 2 aliphatic rings. The van der Waals surface area contributed by atoms with Crippen LogP contribution in [0.15, 0.2) is 24.3 Å². The van der Waals surface area contributed by atoms with Crippen LogP contribution in [-0.2, 0) is 15.8 Å². The number of carbonyl (C=O) groups excluding carboxylic acids is 3. The van der Waals surface area contributed by atoms with Gasteiger partial charge in [0.15, 0.2) is 0 Å². The first-order valence-electron chi connectivity index (χ1n) is 10.5. The monoisotopic (exact) mass is 440 g/mol. The van der Waals surface area contributed by atoms with E-state index in [1.54, 1.807) is 0 Å². The van der Waals surface area contributed by atoms with Gasteiger partial charge in [-0.3, -0.25) is 19.3 Å². The number of nitrogens with one attached hydrogen (secondary N) is 1. The third-order valence-electron chi connectivity index (χ3n) is 5.56. The molecule has 0 saturated carbocycles. The highest BCUT2D eigenvalue weighted by molar-refractivity contribution is 5.94. The summed E-state index contributed by atoms with van der Waals surface area (Å²) in [4.78, 5) is 41.4. The van der Waals surface area contributed by atoms with Crippen molar-refractivity contribution in [3.05, 3.63) is 35.4 Å². The minimum absolute atomic E-state index is 0.0116. The normalized spacial score (nSPS) is 17.8. The number of halogens is 3. The lowest BCUT2D eigenvalue weighted by atomic mass is 10.1. The van der Waals surface area contributed by atoms with Gasteiger partial charge in [0.2, 0.25) is 11.8 Å². The maximum atomic E-state index is 12.9. The van der Waals surface area contributed by atoms with Gasteiger partial charge in [0.05, 0.1) is 12.1 Å². The SMILES string of the molecule is O=C(CN1CCN(C(=O)c2cccc(C(F)(F)F)c2)CC1)NCCCN1CCCC1=O. The molecule has 0 aliphatic carbocycles.